The number of hydrogen-bond acceptors (Lipinski definition) is 5. The average molecular weight is 319 g/mol. The lowest BCUT2D eigenvalue weighted by molar-refractivity contribution is -0.142. The van der Waals surface area contributed by atoms with E-state index in [9.17, 15) is 13.2 Å². The Kier molecular flexibility index (Phi) is 4.74. The van der Waals surface area contributed by atoms with Gasteiger partial charge in [0.05, 0.1) is 5.01 Å². The molecule has 0 aliphatic carbocycles. The molecule has 7 nitrogen and oxygen atoms in total. The van der Waals surface area contributed by atoms with Gasteiger partial charge in [0, 0.05) is 24.2 Å². The predicted molar refractivity (Wildman–Crippen MR) is 74.6 cm³/mol. The van der Waals surface area contributed by atoms with Crippen LogP contribution in [0.3, 0.4) is 0 Å². The molecule has 2 N–H and O–H groups in total. The highest BCUT2D eigenvalue weighted by atomic mass is 32.2. The van der Waals surface area contributed by atoms with E-state index in [4.69, 9.17) is 5.11 Å². The molecule has 9 heteroatoms. The SMILES string of the molecule is Cc1ncc(CNS(=O)(=O)N2CCCCC2C(=O)O)s1. The van der Waals surface area contributed by atoms with Crippen molar-refractivity contribution in [3.63, 3.8) is 0 Å². The number of rotatable bonds is 5. The first-order chi connectivity index (χ1) is 9.40. The van der Waals surface area contributed by atoms with Crippen LogP contribution in [0.5, 0.6) is 0 Å². The molecule has 0 radical (unpaired) electrons. The van der Waals surface area contributed by atoms with Crippen molar-refractivity contribution in [3.8, 4) is 0 Å². The Morgan fingerprint density at radius 2 is 2.35 bits per heavy atom. The Balaban J connectivity index is 2.06. The summed E-state index contributed by atoms with van der Waals surface area (Å²) in [5.74, 6) is -1.09. The molecule has 1 aliphatic rings. The molecule has 0 bridgehead atoms. The van der Waals surface area contributed by atoms with Crippen molar-refractivity contribution in [3.05, 3.63) is 16.1 Å². The van der Waals surface area contributed by atoms with Crippen molar-refractivity contribution in [2.75, 3.05) is 6.54 Å². The molecule has 2 rings (SSSR count). The molecule has 0 amide bonds. The van der Waals surface area contributed by atoms with Crippen LogP contribution in [0.1, 0.15) is 29.1 Å². The molecule has 0 saturated carbocycles. The van der Waals surface area contributed by atoms with Crippen LogP contribution in [-0.2, 0) is 21.5 Å². The molecule has 20 heavy (non-hydrogen) atoms. The van der Waals surface area contributed by atoms with Crippen LogP contribution in [0.15, 0.2) is 6.20 Å². The van der Waals surface area contributed by atoms with Crippen LogP contribution in [-0.4, -0.2) is 41.4 Å². The zero-order valence-electron chi connectivity index (χ0n) is 11.1. The fourth-order valence-electron chi connectivity index (χ4n) is 2.17. The van der Waals surface area contributed by atoms with Gasteiger partial charge in [0.1, 0.15) is 6.04 Å². The Morgan fingerprint density at radius 3 is 2.95 bits per heavy atom. The maximum absolute atomic E-state index is 12.2. The molecule has 2 heterocycles. The molecule has 1 aliphatic heterocycles. The molecule has 1 saturated heterocycles. The number of piperidine rings is 1. The fraction of sp³-hybridized carbons (Fsp3) is 0.636. The standard InChI is InChI=1S/C11H17N3O4S2/c1-8-12-6-9(19-8)7-13-20(17,18)14-5-3-2-4-10(14)11(15)16/h6,10,13H,2-5,7H2,1H3,(H,15,16). The first-order valence-corrected chi connectivity index (χ1v) is 8.56. The zero-order chi connectivity index (χ0) is 14.8. The minimum absolute atomic E-state index is 0.136. The highest BCUT2D eigenvalue weighted by Crippen LogP contribution is 2.20. The number of hydrogen-bond donors (Lipinski definition) is 2. The van der Waals surface area contributed by atoms with Gasteiger partial charge in [0.25, 0.3) is 10.2 Å². The van der Waals surface area contributed by atoms with Gasteiger partial charge in [0.15, 0.2) is 0 Å². The summed E-state index contributed by atoms with van der Waals surface area (Å²) in [7, 11) is -3.79. The molecular weight excluding hydrogens is 302 g/mol. The van der Waals surface area contributed by atoms with Gasteiger partial charge >= 0.3 is 5.97 Å². The Morgan fingerprint density at radius 1 is 1.60 bits per heavy atom. The lowest BCUT2D eigenvalue weighted by Crippen LogP contribution is -2.51. The Labute approximate surface area is 121 Å². The van der Waals surface area contributed by atoms with Crippen LogP contribution in [0, 0.1) is 6.92 Å². The summed E-state index contributed by atoms with van der Waals surface area (Å²) in [6.45, 7) is 2.22. The summed E-state index contributed by atoms with van der Waals surface area (Å²) in [5.41, 5.74) is 0. The van der Waals surface area contributed by atoms with E-state index in [1.807, 2.05) is 6.92 Å². The van der Waals surface area contributed by atoms with Crippen LogP contribution >= 0.6 is 11.3 Å². The van der Waals surface area contributed by atoms with Crippen molar-refractivity contribution >= 4 is 27.5 Å². The third-order valence-electron chi connectivity index (χ3n) is 3.15. The number of aliphatic carboxylic acids is 1. The molecule has 0 spiro atoms. The van der Waals surface area contributed by atoms with Crippen LogP contribution < -0.4 is 4.72 Å². The fourth-order valence-corrected chi connectivity index (χ4v) is 4.40. The van der Waals surface area contributed by atoms with Crippen LogP contribution in [0.25, 0.3) is 0 Å². The van der Waals surface area contributed by atoms with Gasteiger partial charge in [0.2, 0.25) is 0 Å². The Bertz CT molecular complexity index is 584. The van der Waals surface area contributed by atoms with Crippen molar-refractivity contribution in [1.82, 2.24) is 14.0 Å². The lowest BCUT2D eigenvalue weighted by atomic mass is 10.1. The van der Waals surface area contributed by atoms with Crippen molar-refractivity contribution in [2.45, 2.75) is 38.8 Å². The van der Waals surface area contributed by atoms with Gasteiger partial charge < -0.3 is 5.11 Å². The monoisotopic (exact) mass is 319 g/mol. The molecule has 112 valence electrons. The normalized spacial score (nSPS) is 20.9. The van der Waals surface area contributed by atoms with Gasteiger partial charge in [-0.3, -0.25) is 4.79 Å². The average Bonchev–Trinajstić information content (AvgIpc) is 2.82. The highest BCUT2D eigenvalue weighted by Gasteiger charge is 2.36. The molecule has 1 aromatic rings. The molecule has 1 aromatic heterocycles. The van der Waals surface area contributed by atoms with E-state index in [-0.39, 0.29) is 13.1 Å². The number of aromatic nitrogens is 1. The summed E-state index contributed by atoms with van der Waals surface area (Å²) < 4.78 is 27.9. The van der Waals surface area contributed by atoms with Crippen LogP contribution in [0.4, 0.5) is 0 Å². The number of nitrogens with zero attached hydrogens (tertiary/aromatic N) is 2. The summed E-state index contributed by atoms with van der Waals surface area (Å²) in [5, 5.41) is 9.98. The molecule has 1 fully saturated rings. The first kappa shape index (κ1) is 15.4. The smallest absolute Gasteiger partial charge is 0.322 e. The van der Waals surface area contributed by atoms with Gasteiger partial charge in [-0.05, 0) is 26.2 Å². The van der Waals surface area contributed by atoms with Gasteiger partial charge in [-0.2, -0.15) is 17.4 Å². The predicted octanol–water partition coefficient (Wildman–Crippen LogP) is 0.725. The summed E-state index contributed by atoms with van der Waals surface area (Å²) in [6, 6.07) is -0.968. The van der Waals surface area contributed by atoms with E-state index in [0.29, 0.717) is 12.8 Å². The van der Waals surface area contributed by atoms with E-state index in [1.165, 1.54) is 11.3 Å². The van der Waals surface area contributed by atoms with E-state index in [1.54, 1.807) is 6.20 Å². The second-order valence-corrected chi connectivity index (χ2v) is 7.66. The molecule has 1 unspecified atom stereocenters. The minimum atomic E-state index is -3.79. The van der Waals surface area contributed by atoms with E-state index >= 15 is 0 Å². The zero-order valence-corrected chi connectivity index (χ0v) is 12.7. The van der Waals surface area contributed by atoms with E-state index in [0.717, 1.165) is 20.6 Å². The van der Waals surface area contributed by atoms with Crippen molar-refractivity contribution in [2.24, 2.45) is 0 Å². The van der Waals surface area contributed by atoms with E-state index < -0.39 is 22.2 Å². The third-order valence-corrected chi connectivity index (χ3v) is 5.62. The van der Waals surface area contributed by atoms with Gasteiger partial charge in [-0.25, -0.2) is 4.98 Å². The Hall–Kier alpha value is -1.03. The maximum Gasteiger partial charge on any atom is 0.322 e. The topological polar surface area (TPSA) is 99.6 Å². The maximum atomic E-state index is 12.2. The first-order valence-electron chi connectivity index (χ1n) is 6.30. The number of thiazole rings is 1. The van der Waals surface area contributed by atoms with Crippen molar-refractivity contribution in [1.29, 1.82) is 0 Å². The summed E-state index contributed by atoms with van der Waals surface area (Å²) in [4.78, 5) is 16.0. The van der Waals surface area contributed by atoms with Gasteiger partial charge in [-0.1, -0.05) is 0 Å². The van der Waals surface area contributed by atoms with Gasteiger partial charge in [-0.15, -0.1) is 11.3 Å². The second kappa shape index (κ2) is 6.17. The number of carboxylic acids is 1. The molecular formula is C11H17N3O4S2. The second-order valence-electron chi connectivity index (χ2n) is 4.63. The minimum Gasteiger partial charge on any atom is -0.480 e. The van der Waals surface area contributed by atoms with E-state index in [2.05, 4.69) is 9.71 Å². The quantitative estimate of drug-likeness (QED) is 0.833. The number of carbonyl (C=O) groups is 1. The molecule has 1 atom stereocenters. The van der Waals surface area contributed by atoms with Crippen molar-refractivity contribution < 1.29 is 18.3 Å². The number of nitrogens with one attached hydrogen (secondary N) is 1. The summed E-state index contributed by atoms with van der Waals surface area (Å²) in [6.07, 6.45) is 3.39. The van der Waals surface area contributed by atoms with Crippen LogP contribution in [0.2, 0.25) is 0 Å². The lowest BCUT2D eigenvalue weighted by Gasteiger charge is -2.31. The number of aryl methyl sites for hydroxylation is 1. The largest absolute Gasteiger partial charge is 0.480 e. The molecule has 0 aromatic carbocycles. The number of carboxylic acid groups (broad SMARTS) is 1. The summed E-state index contributed by atoms with van der Waals surface area (Å²) >= 11 is 1.41. The third kappa shape index (κ3) is 3.54. The highest BCUT2D eigenvalue weighted by molar-refractivity contribution is 7.87.